The highest BCUT2D eigenvalue weighted by molar-refractivity contribution is 8.00. The summed E-state index contributed by atoms with van der Waals surface area (Å²) in [5.74, 6) is 0.130. The van der Waals surface area contributed by atoms with Crippen LogP contribution in [0.1, 0.15) is 19.3 Å². The number of carbonyl (C=O) groups is 1. The summed E-state index contributed by atoms with van der Waals surface area (Å²) in [4.78, 5) is 18.7. The van der Waals surface area contributed by atoms with Crippen molar-refractivity contribution in [3.05, 3.63) is 36.7 Å². The Balaban J connectivity index is 1.80. The maximum Gasteiger partial charge on any atom is 0.233 e. The maximum atomic E-state index is 12.1. The number of hydrogen-bond donors (Lipinski definition) is 1. The van der Waals surface area contributed by atoms with Gasteiger partial charge in [-0.25, -0.2) is 4.98 Å². The Morgan fingerprint density at radius 1 is 1.26 bits per heavy atom. The number of carbonyl (C=O) groups excluding carboxylic acids is 1. The van der Waals surface area contributed by atoms with Crippen LogP contribution < -0.4 is 10.2 Å². The van der Waals surface area contributed by atoms with E-state index in [0.717, 1.165) is 42.3 Å². The Labute approximate surface area is 141 Å². The normalized spacial score (nSPS) is 18.3. The standard InChI is InChI=1S/C17H22N4OS/c1-20(2)13-6-8-14(9-7-13)21-12-11-19-17(21)23-15-5-3-4-10-18-16(15)22/h6-9,11-12,15H,3-5,10H2,1-2H3,(H,18,22)/t15-/m0/s1. The summed E-state index contributed by atoms with van der Waals surface area (Å²) in [5.41, 5.74) is 2.22. The predicted octanol–water partition coefficient (Wildman–Crippen LogP) is 2.70. The molecule has 1 N–H and O–H groups in total. The van der Waals surface area contributed by atoms with E-state index in [0.29, 0.717) is 0 Å². The molecule has 0 bridgehead atoms. The fraction of sp³-hybridized carbons (Fsp3) is 0.412. The summed E-state index contributed by atoms with van der Waals surface area (Å²) < 4.78 is 2.04. The fourth-order valence-corrected chi connectivity index (χ4v) is 3.77. The number of nitrogens with one attached hydrogen (secondary N) is 1. The molecule has 0 aliphatic carbocycles. The van der Waals surface area contributed by atoms with Gasteiger partial charge in [0.2, 0.25) is 5.91 Å². The molecule has 2 heterocycles. The van der Waals surface area contributed by atoms with E-state index in [-0.39, 0.29) is 11.2 Å². The van der Waals surface area contributed by atoms with E-state index in [1.165, 1.54) is 0 Å². The van der Waals surface area contributed by atoms with Gasteiger partial charge >= 0.3 is 0 Å². The molecule has 122 valence electrons. The first kappa shape index (κ1) is 15.9. The molecule has 1 saturated heterocycles. The zero-order chi connectivity index (χ0) is 16.2. The Morgan fingerprint density at radius 2 is 2.04 bits per heavy atom. The molecule has 1 amide bonds. The molecule has 1 atom stereocenters. The van der Waals surface area contributed by atoms with Crippen molar-refractivity contribution in [3.8, 4) is 5.69 Å². The summed E-state index contributed by atoms with van der Waals surface area (Å²) in [6.45, 7) is 0.788. The van der Waals surface area contributed by atoms with Gasteiger partial charge in [-0.3, -0.25) is 9.36 Å². The number of rotatable bonds is 4. The first-order valence-electron chi connectivity index (χ1n) is 7.90. The number of nitrogens with zero attached hydrogens (tertiary/aromatic N) is 3. The fourth-order valence-electron chi connectivity index (χ4n) is 2.64. The van der Waals surface area contributed by atoms with Crippen LogP contribution in [0.4, 0.5) is 5.69 Å². The molecule has 0 radical (unpaired) electrons. The first-order valence-corrected chi connectivity index (χ1v) is 8.78. The zero-order valence-corrected chi connectivity index (χ0v) is 14.3. The topological polar surface area (TPSA) is 50.2 Å². The molecule has 0 spiro atoms. The van der Waals surface area contributed by atoms with Crippen molar-refractivity contribution in [2.24, 2.45) is 0 Å². The average molecular weight is 330 g/mol. The lowest BCUT2D eigenvalue weighted by molar-refractivity contribution is -0.120. The van der Waals surface area contributed by atoms with Crippen molar-refractivity contribution in [2.45, 2.75) is 29.7 Å². The second-order valence-electron chi connectivity index (χ2n) is 5.88. The van der Waals surface area contributed by atoms with Crippen LogP contribution in [0.15, 0.2) is 41.8 Å². The SMILES string of the molecule is CN(C)c1ccc(-n2ccnc2S[C@H]2CCCCNC2=O)cc1. The molecule has 1 fully saturated rings. The van der Waals surface area contributed by atoms with Crippen LogP contribution in [0.2, 0.25) is 0 Å². The third-order valence-corrected chi connectivity index (χ3v) is 5.23. The molecular formula is C17H22N4OS. The Hall–Kier alpha value is -1.95. The second-order valence-corrected chi connectivity index (χ2v) is 7.05. The third kappa shape index (κ3) is 3.69. The van der Waals surface area contributed by atoms with Crippen molar-refractivity contribution in [1.82, 2.24) is 14.9 Å². The van der Waals surface area contributed by atoms with E-state index in [4.69, 9.17) is 0 Å². The van der Waals surface area contributed by atoms with Crippen molar-refractivity contribution in [2.75, 3.05) is 25.5 Å². The van der Waals surface area contributed by atoms with E-state index in [1.807, 2.05) is 24.9 Å². The zero-order valence-electron chi connectivity index (χ0n) is 13.5. The molecule has 1 aromatic carbocycles. The summed E-state index contributed by atoms with van der Waals surface area (Å²) in [6, 6.07) is 8.33. The molecule has 1 aliphatic rings. The quantitative estimate of drug-likeness (QED) is 0.936. The molecule has 23 heavy (non-hydrogen) atoms. The molecule has 1 aliphatic heterocycles. The van der Waals surface area contributed by atoms with Crippen LogP contribution in [-0.2, 0) is 4.79 Å². The number of hydrogen-bond acceptors (Lipinski definition) is 4. The Bertz CT molecular complexity index is 665. The van der Waals surface area contributed by atoms with Crippen LogP contribution in [0.3, 0.4) is 0 Å². The molecule has 3 rings (SSSR count). The number of anilines is 1. The lowest BCUT2D eigenvalue weighted by atomic mass is 10.2. The van der Waals surface area contributed by atoms with Crippen LogP contribution in [0, 0.1) is 0 Å². The van der Waals surface area contributed by atoms with Crippen molar-refractivity contribution < 1.29 is 4.79 Å². The van der Waals surface area contributed by atoms with Gasteiger partial charge in [0.1, 0.15) is 0 Å². The Kier molecular flexibility index (Phi) is 4.91. The van der Waals surface area contributed by atoms with Crippen molar-refractivity contribution in [1.29, 1.82) is 0 Å². The number of imidazole rings is 1. The molecule has 0 saturated carbocycles. The summed E-state index contributed by atoms with van der Waals surface area (Å²) in [7, 11) is 4.05. The highest BCUT2D eigenvalue weighted by Gasteiger charge is 2.23. The third-order valence-electron chi connectivity index (χ3n) is 3.98. The van der Waals surface area contributed by atoms with Crippen molar-refractivity contribution >= 4 is 23.4 Å². The molecule has 0 unspecified atom stereocenters. The van der Waals surface area contributed by atoms with Crippen LogP contribution >= 0.6 is 11.8 Å². The van der Waals surface area contributed by atoms with Gasteiger partial charge in [-0.15, -0.1) is 0 Å². The molecule has 2 aromatic rings. The predicted molar refractivity (Wildman–Crippen MR) is 94.4 cm³/mol. The van der Waals surface area contributed by atoms with Gasteiger partial charge in [0.05, 0.1) is 5.25 Å². The number of thioether (sulfide) groups is 1. The van der Waals surface area contributed by atoms with Gasteiger partial charge < -0.3 is 10.2 Å². The highest BCUT2D eigenvalue weighted by Crippen LogP contribution is 2.29. The summed E-state index contributed by atoms with van der Waals surface area (Å²) in [5, 5.41) is 3.79. The van der Waals surface area contributed by atoms with Gasteiger partial charge in [0, 0.05) is 44.4 Å². The maximum absolute atomic E-state index is 12.1. The smallest absolute Gasteiger partial charge is 0.233 e. The lowest BCUT2D eigenvalue weighted by Crippen LogP contribution is -2.30. The Morgan fingerprint density at radius 3 is 2.78 bits per heavy atom. The van der Waals surface area contributed by atoms with Gasteiger partial charge in [-0.2, -0.15) is 0 Å². The van der Waals surface area contributed by atoms with E-state index >= 15 is 0 Å². The number of benzene rings is 1. The number of amides is 1. The molecule has 1 aromatic heterocycles. The van der Waals surface area contributed by atoms with Gasteiger partial charge in [0.25, 0.3) is 0 Å². The summed E-state index contributed by atoms with van der Waals surface area (Å²) >= 11 is 1.55. The minimum Gasteiger partial charge on any atom is -0.378 e. The van der Waals surface area contributed by atoms with Crippen LogP contribution in [-0.4, -0.2) is 41.3 Å². The van der Waals surface area contributed by atoms with E-state index in [9.17, 15) is 4.79 Å². The lowest BCUT2D eigenvalue weighted by Gasteiger charge is -2.15. The van der Waals surface area contributed by atoms with Gasteiger partial charge in [-0.1, -0.05) is 18.2 Å². The van der Waals surface area contributed by atoms with Crippen LogP contribution in [0.25, 0.3) is 5.69 Å². The molecule has 6 heteroatoms. The highest BCUT2D eigenvalue weighted by atomic mass is 32.2. The average Bonchev–Trinajstić information content (AvgIpc) is 2.92. The first-order chi connectivity index (χ1) is 11.1. The van der Waals surface area contributed by atoms with E-state index in [1.54, 1.807) is 18.0 Å². The number of aromatic nitrogens is 2. The minimum absolute atomic E-state index is 0.0558. The molecular weight excluding hydrogens is 308 g/mol. The van der Waals surface area contributed by atoms with E-state index in [2.05, 4.69) is 39.5 Å². The summed E-state index contributed by atoms with van der Waals surface area (Å²) in [6.07, 6.45) is 6.78. The minimum atomic E-state index is -0.0558. The second kappa shape index (κ2) is 7.08. The van der Waals surface area contributed by atoms with Gasteiger partial charge in [0.15, 0.2) is 5.16 Å². The van der Waals surface area contributed by atoms with Crippen LogP contribution in [0.5, 0.6) is 0 Å². The molecule has 5 nitrogen and oxygen atoms in total. The largest absolute Gasteiger partial charge is 0.378 e. The van der Waals surface area contributed by atoms with E-state index < -0.39 is 0 Å². The monoisotopic (exact) mass is 330 g/mol. The van der Waals surface area contributed by atoms with Crippen molar-refractivity contribution in [3.63, 3.8) is 0 Å². The van der Waals surface area contributed by atoms with Gasteiger partial charge in [-0.05, 0) is 37.1 Å².